The van der Waals surface area contributed by atoms with Gasteiger partial charge in [-0.25, -0.2) is 4.98 Å². The van der Waals surface area contributed by atoms with E-state index in [4.69, 9.17) is 10.5 Å². The lowest BCUT2D eigenvalue weighted by atomic mass is 10.3. The number of aromatic nitrogens is 2. The quantitative estimate of drug-likeness (QED) is 0.717. The van der Waals surface area contributed by atoms with Crippen molar-refractivity contribution in [2.75, 3.05) is 37.3 Å². The smallest absolute Gasteiger partial charge is 0.242 e. The predicted molar refractivity (Wildman–Crippen MR) is 83.3 cm³/mol. The van der Waals surface area contributed by atoms with Crippen molar-refractivity contribution in [2.45, 2.75) is 33.6 Å². The molecule has 0 spiro atoms. The highest BCUT2D eigenvalue weighted by molar-refractivity contribution is 5.77. The second kappa shape index (κ2) is 8.99. The van der Waals surface area contributed by atoms with E-state index in [1.54, 1.807) is 4.90 Å². The Morgan fingerprint density at radius 1 is 1.33 bits per heavy atom. The second-order valence-corrected chi connectivity index (χ2v) is 4.53. The highest BCUT2D eigenvalue weighted by Crippen LogP contribution is 2.24. The summed E-state index contributed by atoms with van der Waals surface area (Å²) in [5.41, 5.74) is 6.32. The van der Waals surface area contributed by atoms with Gasteiger partial charge in [-0.3, -0.25) is 4.79 Å². The van der Waals surface area contributed by atoms with Gasteiger partial charge in [0.05, 0.1) is 6.61 Å². The SMILES string of the molecule is CCCOc1ncnc(NCCC(=O)N(CC)CC)c1N. The topological polar surface area (TPSA) is 93.4 Å². The van der Waals surface area contributed by atoms with Gasteiger partial charge in [0.2, 0.25) is 11.8 Å². The molecule has 0 atom stereocenters. The summed E-state index contributed by atoms with van der Waals surface area (Å²) in [6, 6.07) is 0. The zero-order chi connectivity index (χ0) is 15.7. The van der Waals surface area contributed by atoms with Crippen molar-refractivity contribution in [3.05, 3.63) is 6.33 Å². The summed E-state index contributed by atoms with van der Waals surface area (Å²) in [4.78, 5) is 21.8. The largest absolute Gasteiger partial charge is 0.476 e. The highest BCUT2D eigenvalue weighted by Gasteiger charge is 2.11. The molecule has 0 bridgehead atoms. The summed E-state index contributed by atoms with van der Waals surface area (Å²) in [6.45, 7) is 8.42. The molecule has 7 heteroatoms. The maximum absolute atomic E-state index is 11.9. The van der Waals surface area contributed by atoms with Gasteiger partial charge in [0, 0.05) is 26.1 Å². The van der Waals surface area contributed by atoms with E-state index in [1.807, 2.05) is 20.8 Å². The fourth-order valence-electron chi connectivity index (χ4n) is 1.86. The first kappa shape index (κ1) is 17.0. The molecule has 0 fully saturated rings. The molecule has 3 N–H and O–H groups in total. The standard InChI is InChI=1S/C14H25N5O2/c1-4-9-21-14-12(15)13(17-10-18-14)16-8-7-11(20)19(5-2)6-3/h10H,4-9,15H2,1-3H3,(H,16,17,18). The lowest BCUT2D eigenvalue weighted by Crippen LogP contribution is -2.31. The van der Waals surface area contributed by atoms with Gasteiger partial charge in [-0.15, -0.1) is 0 Å². The summed E-state index contributed by atoms with van der Waals surface area (Å²) in [5, 5.41) is 3.06. The predicted octanol–water partition coefficient (Wildman–Crippen LogP) is 1.52. The molecular formula is C14H25N5O2. The molecule has 0 unspecified atom stereocenters. The highest BCUT2D eigenvalue weighted by atomic mass is 16.5. The van der Waals surface area contributed by atoms with E-state index >= 15 is 0 Å². The van der Waals surface area contributed by atoms with E-state index in [0.29, 0.717) is 37.0 Å². The van der Waals surface area contributed by atoms with Crippen molar-refractivity contribution in [2.24, 2.45) is 0 Å². The summed E-state index contributed by atoms with van der Waals surface area (Å²) in [6.07, 6.45) is 2.68. The van der Waals surface area contributed by atoms with Crippen molar-refractivity contribution in [1.82, 2.24) is 14.9 Å². The first-order valence-electron chi connectivity index (χ1n) is 7.38. The minimum Gasteiger partial charge on any atom is -0.476 e. The van der Waals surface area contributed by atoms with Crippen LogP contribution < -0.4 is 15.8 Å². The zero-order valence-corrected chi connectivity index (χ0v) is 13.1. The van der Waals surface area contributed by atoms with Crippen LogP contribution in [0.3, 0.4) is 0 Å². The van der Waals surface area contributed by atoms with Crippen molar-refractivity contribution < 1.29 is 9.53 Å². The lowest BCUT2D eigenvalue weighted by molar-refractivity contribution is -0.130. The molecule has 118 valence electrons. The molecular weight excluding hydrogens is 270 g/mol. The van der Waals surface area contributed by atoms with Crippen molar-refractivity contribution in [3.8, 4) is 5.88 Å². The van der Waals surface area contributed by atoms with Gasteiger partial charge in [-0.2, -0.15) is 4.98 Å². The third-order valence-electron chi connectivity index (χ3n) is 3.04. The van der Waals surface area contributed by atoms with Crippen LogP contribution in [-0.4, -0.2) is 47.0 Å². The van der Waals surface area contributed by atoms with E-state index in [2.05, 4.69) is 15.3 Å². The van der Waals surface area contributed by atoms with Crippen molar-refractivity contribution >= 4 is 17.4 Å². The Morgan fingerprint density at radius 2 is 2.05 bits per heavy atom. The molecule has 1 amide bonds. The summed E-state index contributed by atoms with van der Waals surface area (Å²) >= 11 is 0. The molecule has 0 radical (unpaired) electrons. The Labute approximate surface area is 125 Å². The third-order valence-corrected chi connectivity index (χ3v) is 3.04. The zero-order valence-electron chi connectivity index (χ0n) is 13.1. The number of ether oxygens (including phenoxy) is 1. The Bertz CT molecular complexity index is 449. The number of rotatable bonds is 9. The van der Waals surface area contributed by atoms with Gasteiger partial charge in [0.15, 0.2) is 5.82 Å². The lowest BCUT2D eigenvalue weighted by Gasteiger charge is -2.18. The molecule has 21 heavy (non-hydrogen) atoms. The number of nitrogens with zero attached hydrogens (tertiary/aromatic N) is 3. The van der Waals surface area contributed by atoms with E-state index in [1.165, 1.54) is 6.33 Å². The number of carbonyl (C=O) groups excluding carboxylic acids is 1. The molecule has 1 rings (SSSR count). The van der Waals surface area contributed by atoms with Crippen LogP contribution in [0.4, 0.5) is 11.5 Å². The molecule has 0 aliphatic heterocycles. The molecule has 0 aliphatic rings. The number of nitrogens with two attached hydrogens (primary N) is 1. The van der Waals surface area contributed by atoms with Gasteiger partial charge >= 0.3 is 0 Å². The van der Waals surface area contributed by atoms with E-state index in [9.17, 15) is 4.79 Å². The minimum absolute atomic E-state index is 0.114. The maximum Gasteiger partial charge on any atom is 0.242 e. The Hall–Kier alpha value is -2.05. The number of hydrogen-bond donors (Lipinski definition) is 2. The average Bonchev–Trinajstić information content (AvgIpc) is 2.49. The normalized spacial score (nSPS) is 10.2. The average molecular weight is 295 g/mol. The van der Waals surface area contributed by atoms with Crippen LogP contribution in [0, 0.1) is 0 Å². The number of nitrogen functional groups attached to an aromatic ring is 1. The van der Waals surface area contributed by atoms with Gasteiger partial charge < -0.3 is 20.7 Å². The van der Waals surface area contributed by atoms with Gasteiger partial charge in [-0.1, -0.05) is 6.92 Å². The van der Waals surface area contributed by atoms with Crippen LogP contribution in [0.25, 0.3) is 0 Å². The molecule has 0 saturated carbocycles. The van der Waals surface area contributed by atoms with Crippen LogP contribution in [0.15, 0.2) is 6.33 Å². The number of anilines is 2. The van der Waals surface area contributed by atoms with Gasteiger partial charge in [-0.05, 0) is 20.3 Å². The van der Waals surface area contributed by atoms with Crippen molar-refractivity contribution in [1.29, 1.82) is 0 Å². The molecule has 0 aliphatic carbocycles. The molecule has 1 heterocycles. The number of nitrogens with one attached hydrogen (secondary N) is 1. The minimum atomic E-state index is 0.114. The third kappa shape index (κ3) is 5.09. The number of amides is 1. The molecule has 1 aromatic rings. The maximum atomic E-state index is 11.9. The first-order valence-corrected chi connectivity index (χ1v) is 7.38. The van der Waals surface area contributed by atoms with E-state index in [0.717, 1.165) is 19.5 Å². The Morgan fingerprint density at radius 3 is 2.67 bits per heavy atom. The van der Waals surface area contributed by atoms with Crippen LogP contribution >= 0.6 is 0 Å². The van der Waals surface area contributed by atoms with E-state index in [-0.39, 0.29) is 5.91 Å². The first-order chi connectivity index (χ1) is 10.1. The molecule has 0 saturated heterocycles. The van der Waals surface area contributed by atoms with Crippen LogP contribution in [0.2, 0.25) is 0 Å². The Kier molecular flexibility index (Phi) is 7.28. The number of carbonyl (C=O) groups is 1. The van der Waals surface area contributed by atoms with Crippen molar-refractivity contribution in [3.63, 3.8) is 0 Å². The molecule has 7 nitrogen and oxygen atoms in total. The van der Waals surface area contributed by atoms with Crippen LogP contribution in [0.5, 0.6) is 5.88 Å². The summed E-state index contributed by atoms with van der Waals surface area (Å²) < 4.78 is 5.44. The van der Waals surface area contributed by atoms with Gasteiger partial charge in [0.25, 0.3) is 0 Å². The summed E-state index contributed by atoms with van der Waals surface area (Å²) in [5.74, 6) is 0.996. The summed E-state index contributed by atoms with van der Waals surface area (Å²) in [7, 11) is 0. The fraction of sp³-hybridized carbons (Fsp3) is 0.643. The molecule has 1 aromatic heterocycles. The van der Waals surface area contributed by atoms with Crippen LogP contribution in [-0.2, 0) is 4.79 Å². The van der Waals surface area contributed by atoms with E-state index < -0.39 is 0 Å². The molecule has 0 aromatic carbocycles. The monoisotopic (exact) mass is 295 g/mol. The van der Waals surface area contributed by atoms with Gasteiger partial charge in [0.1, 0.15) is 12.0 Å². The number of hydrogen-bond acceptors (Lipinski definition) is 6. The fourth-order valence-corrected chi connectivity index (χ4v) is 1.86. The Balaban J connectivity index is 2.54. The van der Waals surface area contributed by atoms with Crippen LogP contribution in [0.1, 0.15) is 33.6 Å². The second-order valence-electron chi connectivity index (χ2n) is 4.53.